The molecule has 0 atom stereocenters. The van der Waals surface area contributed by atoms with Gasteiger partial charge in [0, 0.05) is 23.8 Å². The van der Waals surface area contributed by atoms with E-state index in [9.17, 15) is 9.18 Å². The van der Waals surface area contributed by atoms with Crippen LogP contribution in [0.15, 0.2) is 34.2 Å². The van der Waals surface area contributed by atoms with Crippen LogP contribution in [0.4, 0.5) is 9.52 Å². The average molecular weight is 332 g/mol. The topological polar surface area (TPSA) is 80.9 Å². The largest absolute Gasteiger partial charge is 0.339 e. The average Bonchev–Trinajstić information content (AvgIpc) is 3.15. The highest BCUT2D eigenvalue weighted by Crippen LogP contribution is 2.17. The van der Waals surface area contributed by atoms with Crippen molar-refractivity contribution in [3.8, 4) is 11.4 Å². The maximum atomic E-state index is 12.9. The molecule has 118 valence electrons. The van der Waals surface area contributed by atoms with Gasteiger partial charge >= 0.3 is 0 Å². The summed E-state index contributed by atoms with van der Waals surface area (Å²) in [6, 6.07) is 5.80. The lowest BCUT2D eigenvalue weighted by Crippen LogP contribution is -2.12. The van der Waals surface area contributed by atoms with Crippen LogP contribution in [-0.4, -0.2) is 21.0 Å². The molecule has 0 fully saturated rings. The van der Waals surface area contributed by atoms with Gasteiger partial charge in [-0.3, -0.25) is 4.79 Å². The van der Waals surface area contributed by atoms with Crippen molar-refractivity contribution in [2.45, 2.75) is 19.8 Å². The molecule has 1 aromatic carbocycles. The molecule has 23 heavy (non-hydrogen) atoms. The van der Waals surface area contributed by atoms with E-state index in [-0.39, 0.29) is 18.1 Å². The molecule has 1 amide bonds. The minimum Gasteiger partial charge on any atom is -0.339 e. The van der Waals surface area contributed by atoms with Crippen LogP contribution in [0.2, 0.25) is 0 Å². The van der Waals surface area contributed by atoms with Gasteiger partial charge in [0.25, 0.3) is 0 Å². The number of carbonyl (C=O) groups excluding carboxylic acids is 1. The van der Waals surface area contributed by atoms with E-state index >= 15 is 0 Å². The third-order valence-electron chi connectivity index (χ3n) is 3.00. The Hall–Kier alpha value is -2.61. The standard InChI is InChI=1S/C15H13FN4O2S/c1-9-8-23-15(17-9)18-12(21)6-7-13-19-14(20-22-13)10-2-4-11(16)5-3-10/h2-5,8H,6-7H2,1H3,(H,17,18,21). The number of rotatable bonds is 5. The van der Waals surface area contributed by atoms with Gasteiger partial charge in [-0.1, -0.05) is 5.16 Å². The van der Waals surface area contributed by atoms with E-state index in [2.05, 4.69) is 20.4 Å². The summed E-state index contributed by atoms with van der Waals surface area (Å²) in [4.78, 5) is 20.2. The second-order valence-corrected chi connectivity index (χ2v) is 5.72. The zero-order chi connectivity index (χ0) is 16.2. The zero-order valence-electron chi connectivity index (χ0n) is 12.2. The summed E-state index contributed by atoms with van der Waals surface area (Å²) in [7, 11) is 0. The highest BCUT2D eigenvalue weighted by Gasteiger charge is 2.11. The van der Waals surface area contributed by atoms with Gasteiger partial charge in [0.15, 0.2) is 5.13 Å². The van der Waals surface area contributed by atoms with Crippen LogP contribution >= 0.6 is 11.3 Å². The third kappa shape index (κ3) is 3.98. The maximum Gasteiger partial charge on any atom is 0.227 e. The molecular weight excluding hydrogens is 319 g/mol. The van der Waals surface area contributed by atoms with E-state index < -0.39 is 0 Å². The molecule has 0 aliphatic rings. The SMILES string of the molecule is Cc1csc(NC(=O)CCc2nc(-c3ccc(F)cc3)no2)n1. The lowest BCUT2D eigenvalue weighted by molar-refractivity contribution is -0.116. The molecule has 0 aliphatic carbocycles. The van der Waals surface area contributed by atoms with Crippen LogP contribution in [0.3, 0.4) is 0 Å². The number of halogens is 1. The Morgan fingerprint density at radius 3 is 2.78 bits per heavy atom. The van der Waals surface area contributed by atoms with Gasteiger partial charge in [-0.2, -0.15) is 4.98 Å². The van der Waals surface area contributed by atoms with E-state index in [1.165, 1.54) is 23.5 Å². The van der Waals surface area contributed by atoms with Gasteiger partial charge in [0.05, 0.1) is 5.69 Å². The molecule has 1 N–H and O–H groups in total. The van der Waals surface area contributed by atoms with Gasteiger partial charge in [0.1, 0.15) is 5.82 Å². The number of carbonyl (C=O) groups is 1. The first-order valence-electron chi connectivity index (χ1n) is 6.90. The van der Waals surface area contributed by atoms with Crippen LogP contribution in [0.25, 0.3) is 11.4 Å². The van der Waals surface area contributed by atoms with Crippen LogP contribution in [0.1, 0.15) is 18.0 Å². The number of hydrogen-bond acceptors (Lipinski definition) is 6. The van der Waals surface area contributed by atoms with Gasteiger partial charge in [-0.05, 0) is 31.2 Å². The van der Waals surface area contributed by atoms with E-state index in [1.807, 2.05) is 12.3 Å². The first-order valence-corrected chi connectivity index (χ1v) is 7.78. The number of hydrogen-bond donors (Lipinski definition) is 1. The Kier molecular flexibility index (Phi) is 4.42. The Bertz CT molecular complexity index is 813. The van der Waals surface area contributed by atoms with Crippen molar-refractivity contribution in [2.24, 2.45) is 0 Å². The predicted octanol–water partition coefficient (Wildman–Crippen LogP) is 3.21. The quantitative estimate of drug-likeness (QED) is 0.776. The number of nitrogens with zero attached hydrogens (tertiary/aromatic N) is 3. The minimum atomic E-state index is -0.327. The van der Waals surface area contributed by atoms with Crippen molar-refractivity contribution in [3.63, 3.8) is 0 Å². The minimum absolute atomic E-state index is 0.166. The molecule has 2 heterocycles. The molecule has 2 aromatic heterocycles. The first-order chi connectivity index (χ1) is 11.1. The zero-order valence-corrected chi connectivity index (χ0v) is 13.1. The number of benzene rings is 1. The molecule has 0 saturated carbocycles. The Morgan fingerprint density at radius 2 is 2.09 bits per heavy atom. The van der Waals surface area contributed by atoms with E-state index in [1.54, 1.807) is 12.1 Å². The Morgan fingerprint density at radius 1 is 1.30 bits per heavy atom. The molecule has 0 radical (unpaired) electrons. The highest BCUT2D eigenvalue weighted by molar-refractivity contribution is 7.13. The summed E-state index contributed by atoms with van der Waals surface area (Å²) >= 11 is 1.38. The van der Waals surface area contributed by atoms with Gasteiger partial charge in [0.2, 0.25) is 17.6 Å². The van der Waals surface area contributed by atoms with Crippen molar-refractivity contribution >= 4 is 22.4 Å². The number of aromatic nitrogens is 3. The lowest BCUT2D eigenvalue weighted by atomic mass is 10.2. The highest BCUT2D eigenvalue weighted by atomic mass is 32.1. The molecule has 0 aliphatic heterocycles. The van der Waals surface area contributed by atoms with Crippen LogP contribution in [0, 0.1) is 12.7 Å². The molecule has 6 nitrogen and oxygen atoms in total. The second kappa shape index (κ2) is 6.66. The Labute approximate surface area is 135 Å². The third-order valence-corrected chi connectivity index (χ3v) is 3.88. The van der Waals surface area contributed by atoms with Crippen molar-refractivity contribution in [2.75, 3.05) is 5.32 Å². The molecule has 8 heteroatoms. The molecular formula is C15H13FN4O2S. The van der Waals surface area contributed by atoms with E-state index in [0.717, 1.165) is 5.69 Å². The first kappa shape index (κ1) is 15.3. The van der Waals surface area contributed by atoms with Crippen molar-refractivity contribution in [1.29, 1.82) is 0 Å². The smallest absolute Gasteiger partial charge is 0.227 e. The number of amides is 1. The predicted molar refractivity (Wildman–Crippen MR) is 83.5 cm³/mol. The van der Waals surface area contributed by atoms with E-state index in [0.29, 0.717) is 28.8 Å². The summed E-state index contributed by atoms with van der Waals surface area (Å²) in [5.74, 6) is 0.234. The van der Waals surface area contributed by atoms with Crippen LogP contribution in [-0.2, 0) is 11.2 Å². The van der Waals surface area contributed by atoms with Gasteiger partial charge in [-0.15, -0.1) is 11.3 Å². The normalized spacial score (nSPS) is 10.7. The molecule has 3 aromatic rings. The van der Waals surface area contributed by atoms with Gasteiger partial charge in [-0.25, -0.2) is 9.37 Å². The molecule has 3 rings (SSSR count). The van der Waals surface area contributed by atoms with Gasteiger partial charge < -0.3 is 9.84 Å². The second-order valence-electron chi connectivity index (χ2n) is 4.86. The molecule has 0 spiro atoms. The lowest BCUT2D eigenvalue weighted by Gasteiger charge is -1.98. The molecule has 0 unspecified atom stereocenters. The summed E-state index contributed by atoms with van der Waals surface area (Å²) in [5, 5.41) is 8.98. The summed E-state index contributed by atoms with van der Waals surface area (Å²) in [6.07, 6.45) is 0.536. The summed E-state index contributed by atoms with van der Waals surface area (Å²) < 4.78 is 18.0. The number of anilines is 1. The Balaban J connectivity index is 1.56. The number of nitrogens with one attached hydrogen (secondary N) is 1. The van der Waals surface area contributed by atoms with Crippen LogP contribution in [0.5, 0.6) is 0 Å². The fourth-order valence-electron chi connectivity index (χ4n) is 1.89. The maximum absolute atomic E-state index is 12.9. The van der Waals surface area contributed by atoms with Crippen molar-refractivity contribution in [3.05, 3.63) is 47.0 Å². The number of aryl methyl sites for hydroxylation is 2. The molecule has 0 bridgehead atoms. The summed E-state index contributed by atoms with van der Waals surface area (Å²) in [5.41, 5.74) is 1.52. The number of thiazole rings is 1. The van der Waals surface area contributed by atoms with Crippen molar-refractivity contribution < 1.29 is 13.7 Å². The van der Waals surface area contributed by atoms with E-state index in [4.69, 9.17) is 4.52 Å². The van der Waals surface area contributed by atoms with Crippen molar-refractivity contribution in [1.82, 2.24) is 15.1 Å². The summed E-state index contributed by atoms with van der Waals surface area (Å²) in [6.45, 7) is 1.86. The monoisotopic (exact) mass is 332 g/mol. The molecule has 0 saturated heterocycles. The fraction of sp³-hybridized carbons (Fsp3) is 0.200. The fourth-order valence-corrected chi connectivity index (χ4v) is 2.59. The van der Waals surface area contributed by atoms with Crippen LogP contribution < -0.4 is 5.32 Å².